The van der Waals surface area contributed by atoms with Crippen LogP contribution in [-0.4, -0.2) is 32.3 Å². The highest BCUT2D eigenvalue weighted by molar-refractivity contribution is 7.99. The molecule has 0 bridgehead atoms. The Bertz CT molecular complexity index is 1070. The van der Waals surface area contributed by atoms with E-state index in [2.05, 4.69) is 20.8 Å². The van der Waals surface area contributed by atoms with E-state index < -0.39 is 5.82 Å². The average Bonchev–Trinajstić information content (AvgIpc) is 3.07. The van der Waals surface area contributed by atoms with Gasteiger partial charge >= 0.3 is 0 Å². The average molecular weight is 448 g/mol. The number of nitrogens with one attached hydrogen (secondary N) is 2. The van der Waals surface area contributed by atoms with Crippen LogP contribution in [0.5, 0.6) is 0 Å². The third-order valence-corrected chi connectivity index (χ3v) is 5.49. The Morgan fingerprint density at radius 1 is 1.17 bits per heavy atom. The van der Waals surface area contributed by atoms with Crippen molar-refractivity contribution in [3.8, 4) is 0 Å². The van der Waals surface area contributed by atoms with Gasteiger partial charge in [0.2, 0.25) is 5.91 Å². The number of benzene rings is 2. The highest BCUT2D eigenvalue weighted by Crippen LogP contribution is 2.21. The number of rotatable bonds is 7. The molecule has 0 atom stereocenters. The topological polar surface area (TPSA) is 88.9 Å². The summed E-state index contributed by atoms with van der Waals surface area (Å²) >= 11 is 7.16. The third-order valence-electron chi connectivity index (χ3n) is 4.23. The van der Waals surface area contributed by atoms with Gasteiger partial charge in [-0.05, 0) is 55.0 Å². The first kappa shape index (κ1) is 21.8. The van der Waals surface area contributed by atoms with Crippen LogP contribution in [0.4, 0.5) is 10.1 Å². The van der Waals surface area contributed by atoms with Crippen LogP contribution in [0.3, 0.4) is 0 Å². The number of amides is 2. The summed E-state index contributed by atoms with van der Waals surface area (Å²) in [6.45, 7) is 2.01. The molecule has 156 valence electrons. The molecular weight excluding hydrogens is 429 g/mol. The molecule has 0 saturated heterocycles. The van der Waals surface area contributed by atoms with Gasteiger partial charge in [0, 0.05) is 23.3 Å². The van der Waals surface area contributed by atoms with Crippen LogP contribution in [0.1, 0.15) is 21.7 Å². The first-order valence-electron chi connectivity index (χ1n) is 8.94. The van der Waals surface area contributed by atoms with Gasteiger partial charge in [0.15, 0.2) is 11.0 Å². The monoisotopic (exact) mass is 447 g/mol. The molecule has 2 aromatic carbocycles. The van der Waals surface area contributed by atoms with Crippen molar-refractivity contribution in [1.82, 2.24) is 20.1 Å². The van der Waals surface area contributed by atoms with Crippen molar-refractivity contribution in [2.45, 2.75) is 18.6 Å². The molecule has 0 saturated carbocycles. The Balaban J connectivity index is 1.52. The number of hydrogen-bond donors (Lipinski definition) is 2. The maximum Gasteiger partial charge on any atom is 0.251 e. The van der Waals surface area contributed by atoms with Crippen molar-refractivity contribution in [3.63, 3.8) is 0 Å². The lowest BCUT2D eigenvalue weighted by Crippen LogP contribution is -2.24. The Morgan fingerprint density at radius 2 is 1.90 bits per heavy atom. The predicted octanol–water partition coefficient (Wildman–Crippen LogP) is 3.58. The molecule has 2 amide bonds. The zero-order chi connectivity index (χ0) is 21.7. The molecule has 0 fully saturated rings. The molecule has 10 heteroatoms. The minimum absolute atomic E-state index is 0.149. The number of carbonyl (C=O) groups is 2. The Kier molecular flexibility index (Phi) is 7.07. The number of anilines is 1. The second-order valence-electron chi connectivity index (χ2n) is 6.44. The van der Waals surface area contributed by atoms with Crippen molar-refractivity contribution < 1.29 is 14.0 Å². The van der Waals surface area contributed by atoms with Crippen molar-refractivity contribution in [2.75, 3.05) is 11.1 Å². The standard InChI is InChI=1S/C20H19ClFN5O2S/c1-12-9-14(21)5-8-16(12)24-18(28)11-30-20-26-25-17(27(20)2)10-23-19(29)13-3-6-15(22)7-4-13/h3-9H,10-11H2,1-2H3,(H,23,29)(H,24,28). The summed E-state index contributed by atoms with van der Waals surface area (Å²) in [7, 11) is 1.75. The Morgan fingerprint density at radius 3 is 2.60 bits per heavy atom. The van der Waals surface area contributed by atoms with E-state index in [0.717, 1.165) is 5.56 Å². The van der Waals surface area contributed by atoms with Crippen molar-refractivity contribution >= 4 is 40.9 Å². The summed E-state index contributed by atoms with van der Waals surface area (Å²) in [4.78, 5) is 24.4. The normalized spacial score (nSPS) is 10.7. The smallest absolute Gasteiger partial charge is 0.251 e. The van der Waals surface area contributed by atoms with Crippen LogP contribution >= 0.6 is 23.4 Å². The van der Waals surface area contributed by atoms with Gasteiger partial charge in [-0.15, -0.1) is 10.2 Å². The van der Waals surface area contributed by atoms with Crippen LogP contribution in [0, 0.1) is 12.7 Å². The lowest BCUT2D eigenvalue weighted by molar-refractivity contribution is -0.113. The number of carbonyl (C=O) groups excluding carboxylic acids is 2. The maximum atomic E-state index is 13.0. The van der Waals surface area contributed by atoms with Gasteiger partial charge in [-0.25, -0.2) is 4.39 Å². The molecule has 1 aromatic heterocycles. The number of nitrogens with zero attached hydrogens (tertiary/aromatic N) is 3. The van der Waals surface area contributed by atoms with Gasteiger partial charge in [-0.3, -0.25) is 9.59 Å². The fraction of sp³-hybridized carbons (Fsp3) is 0.200. The zero-order valence-corrected chi connectivity index (χ0v) is 17.9. The second-order valence-corrected chi connectivity index (χ2v) is 7.82. The molecule has 0 spiro atoms. The molecule has 3 rings (SSSR count). The Labute approximate surface area is 182 Å². The summed E-state index contributed by atoms with van der Waals surface area (Å²) in [6.07, 6.45) is 0. The highest BCUT2D eigenvalue weighted by atomic mass is 35.5. The van der Waals surface area contributed by atoms with Gasteiger partial charge in [0.05, 0.1) is 12.3 Å². The van der Waals surface area contributed by atoms with Gasteiger partial charge in [0.25, 0.3) is 5.91 Å². The predicted molar refractivity (Wildman–Crippen MR) is 114 cm³/mol. The van der Waals surface area contributed by atoms with Gasteiger partial charge in [0.1, 0.15) is 5.82 Å². The van der Waals surface area contributed by atoms with Crippen molar-refractivity contribution in [1.29, 1.82) is 0 Å². The second kappa shape index (κ2) is 9.73. The van der Waals surface area contributed by atoms with E-state index >= 15 is 0 Å². The van der Waals surface area contributed by atoms with Crippen LogP contribution in [0.25, 0.3) is 0 Å². The van der Waals surface area contributed by atoms with Crippen LogP contribution in [0.15, 0.2) is 47.6 Å². The number of halogens is 2. The number of thioether (sulfide) groups is 1. The van der Waals surface area contributed by atoms with E-state index in [1.54, 1.807) is 29.8 Å². The summed E-state index contributed by atoms with van der Waals surface area (Å²) in [5, 5.41) is 14.8. The van der Waals surface area contributed by atoms with Crippen LogP contribution < -0.4 is 10.6 Å². The third kappa shape index (κ3) is 5.58. The summed E-state index contributed by atoms with van der Waals surface area (Å²) in [5.41, 5.74) is 1.92. The number of aryl methyl sites for hydroxylation is 1. The minimum atomic E-state index is -0.406. The number of aromatic nitrogens is 3. The SMILES string of the molecule is Cc1cc(Cl)ccc1NC(=O)CSc1nnc(CNC(=O)c2ccc(F)cc2)n1C. The lowest BCUT2D eigenvalue weighted by atomic mass is 10.2. The quantitative estimate of drug-likeness (QED) is 0.540. The fourth-order valence-electron chi connectivity index (χ4n) is 2.57. The van der Waals surface area contributed by atoms with Gasteiger partial charge < -0.3 is 15.2 Å². The van der Waals surface area contributed by atoms with Crippen molar-refractivity contribution in [3.05, 3.63) is 70.3 Å². The molecule has 1 heterocycles. The summed E-state index contributed by atoms with van der Waals surface area (Å²) in [5.74, 6) is -0.251. The summed E-state index contributed by atoms with van der Waals surface area (Å²) in [6, 6.07) is 10.5. The van der Waals surface area contributed by atoms with Gasteiger partial charge in [-0.1, -0.05) is 23.4 Å². The molecule has 0 aliphatic rings. The number of hydrogen-bond acceptors (Lipinski definition) is 5. The maximum absolute atomic E-state index is 13.0. The fourth-order valence-corrected chi connectivity index (χ4v) is 3.53. The van der Waals surface area contributed by atoms with E-state index in [1.807, 2.05) is 6.92 Å². The van der Waals surface area contributed by atoms with E-state index in [4.69, 9.17) is 11.6 Å². The Hall–Kier alpha value is -2.91. The van der Waals surface area contributed by atoms with Crippen LogP contribution in [0.2, 0.25) is 5.02 Å². The van der Waals surface area contributed by atoms with E-state index in [1.165, 1.54) is 36.0 Å². The van der Waals surface area contributed by atoms with E-state index in [0.29, 0.717) is 27.3 Å². The first-order chi connectivity index (χ1) is 14.3. The van der Waals surface area contributed by atoms with Crippen LogP contribution in [-0.2, 0) is 18.4 Å². The van der Waals surface area contributed by atoms with Gasteiger partial charge in [-0.2, -0.15) is 0 Å². The van der Waals surface area contributed by atoms with E-state index in [9.17, 15) is 14.0 Å². The summed E-state index contributed by atoms with van der Waals surface area (Å²) < 4.78 is 14.7. The molecule has 7 nitrogen and oxygen atoms in total. The molecular formula is C20H19ClFN5O2S. The molecule has 0 aliphatic carbocycles. The first-order valence-corrected chi connectivity index (χ1v) is 10.3. The minimum Gasteiger partial charge on any atom is -0.345 e. The molecule has 0 unspecified atom stereocenters. The molecule has 3 aromatic rings. The largest absolute Gasteiger partial charge is 0.345 e. The highest BCUT2D eigenvalue weighted by Gasteiger charge is 2.13. The lowest BCUT2D eigenvalue weighted by Gasteiger charge is -2.09. The molecule has 30 heavy (non-hydrogen) atoms. The van der Waals surface area contributed by atoms with Crippen molar-refractivity contribution in [2.24, 2.45) is 7.05 Å². The van der Waals surface area contributed by atoms with E-state index in [-0.39, 0.29) is 24.1 Å². The molecule has 2 N–H and O–H groups in total. The molecule has 0 radical (unpaired) electrons. The molecule has 0 aliphatic heterocycles. The zero-order valence-electron chi connectivity index (χ0n) is 16.3.